The molecule has 1 aromatic carbocycles. The van der Waals surface area contributed by atoms with Gasteiger partial charge in [0.25, 0.3) is 0 Å². The van der Waals surface area contributed by atoms with E-state index in [1.165, 1.54) is 6.08 Å². The monoisotopic (exact) mass is 373 g/mol. The van der Waals surface area contributed by atoms with Crippen molar-refractivity contribution in [3.63, 3.8) is 0 Å². The van der Waals surface area contributed by atoms with Gasteiger partial charge < -0.3 is 10.6 Å². The number of hydrogen-bond donors (Lipinski definition) is 3. The Labute approximate surface area is 156 Å². The Morgan fingerprint density at radius 2 is 1.84 bits per heavy atom. The van der Waals surface area contributed by atoms with Crippen LogP contribution >= 0.6 is 23.6 Å². The predicted octanol–water partition coefficient (Wildman–Crippen LogP) is 3.87. The van der Waals surface area contributed by atoms with Crippen LogP contribution in [0.25, 0.3) is 6.08 Å². The van der Waals surface area contributed by atoms with Gasteiger partial charge in [-0.15, -0.1) is 11.3 Å². The first-order valence-corrected chi connectivity index (χ1v) is 8.97. The summed E-state index contributed by atoms with van der Waals surface area (Å²) in [5.41, 5.74) is 1.34. The van der Waals surface area contributed by atoms with E-state index in [-0.39, 0.29) is 22.8 Å². The Kier molecular flexibility index (Phi) is 6.85. The third-order valence-electron chi connectivity index (χ3n) is 3.09. The third-order valence-corrected chi connectivity index (χ3v) is 4.13. The summed E-state index contributed by atoms with van der Waals surface area (Å²) in [6, 6.07) is 11.0. The maximum absolute atomic E-state index is 11.8. The summed E-state index contributed by atoms with van der Waals surface area (Å²) in [6.07, 6.45) is 3.16. The molecule has 2 aromatic rings. The van der Waals surface area contributed by atoms with Crippen LogP contribution < -0.4 is 16.0 Å². The molecule has 1 heterocycles. The molecule has 0 aliphatic rings. The van der Waals surface area contributed by atoms with Gasteiger partial charge in [-0.2, -0.15) is 0 Å². The van der Waals surface area contributed by atoms with Crippen LogP contribution in [0.4, 0.5) is 11.4 Å². The summed E-state index contributed by atoms with van der Waals surface area (Å²) < 4.78 is 0. The van der Waals surface area contributed by atoms with Gasteiger partial charge in [-0.05, 0) is 47.9 Å². The van der Waals surface area contributed by atoms with Crippen LogP contribution in [0.3, 0.4) is 0 Å². The lowest BCUT2D eigenvalue weighted by molar-refractivity contribution is -0.119. The number of benzene rings is 1. The quantitative estimate of drug-likeness (QED) is 0.550. The highest BCUT2D eigenvalue weighted by atomic mass is 32.1. The fourth-order valence-electron chi connectivity index (χ4n) is 1.82. The molecule has 2 rings (SSSR count). The highest BCUT2D eigenvalue weighted by Crippen LogP contribution is 2.16. The molecule has 1 aromatic heterocycles. The van der Waals surface area contributed by atoms with Gasteiger partial charge >= 0.3 is 0 Å². The number of carbonyl (C=O) groups is 2. The summed E-state index contributed by atoms with van der Waals surface area (Å²) in [5.74, 6) is -0.478. The number of thiophene rings is 1. The van der Waals surface area contributed by atoms with E-state index in [1.54, 1.807) is 41.7 Å². The van der Waals surface area contributed by atoms with Gasteiger partial charge in [-0.3, -0.25) is 14.9 Å². The zero-order chi connectivity index (χ0) is 18.2. The van der Waals surface area contributed by atoms with Crippen molar-refractivity contribution in [3.05, 3.63) is 52.7 Å². The van der Waals surface area contributed by atoms with Crippen molar-refractivity contribution < 1.29 is 9.59 Å². The highest BCUT2D eigenvalue weighted by Gasteiger charge is 2.08. The lowest BCUT2D eigenvalue weighted by atomic mass is 10.2. The molecule has 0 fully saturated rings. The smallest absolute Gasteiger partial charge is 0.250 e. The molecule has 130 valence electrons. The average molecular weight is 374 g/mol. The van der Waals surface area contributed by atoms with Gasteiger partial charge in [-0.1, -0.05) is 26.0 Å². The molecule has 0 atom stereocenters. The van der Waals surface area contributed by atoms with Crippen LogP contribution in [0.2, 0.25) is 0 Å². The Bertz CT molecular complexity index is 783. The molecule has 0 spiro atoms. The Morgan fingerprint density at radius 1 is 1.12 bits per heavy atom. The average Bonchev–Trinajstić information content (AvgIpc) is 3.06. The van der Waals surface area contributed by atoms with Crippen molar-refractivity contribution in [2.75, 3.05) is 10.6 Å². The molecule has 5 nitrogen and oxygen atoms in total. The molecule has 3 N–H and O–H groups in total. The number of hydrogen-bond acceptors (Lipinski definition) is 4. The molecule has 0 unspecified atom stereocenters. The topological polar surface area (TPSA) is 70.2 Å². The SMILES string of the molecule is CC(C)C(=O)Nc1cccc(NC(=S)NC(=O)/C=C/c2cccs2)c1. The van der Waals surface area contributed by atoms with Gasteiger partial charge in [0.15, 0.2) is 5.11 Å². The van der Waals surface area contributed by atoms with Crippen LogP contribution in [0.5, 0.6) is 0 Å². The van der Waals surface area contributed by atoms with Gasteiger partial charge in [0, 0.05) is 28.2 Å². The molecule has 0 radical (unpaired) electrons. The van der Waals surface area contributed by atoms with Crippen molar-refractivity contribution >= 4 is 57.9 Å². The van der Waals surface area contributed by atoms with Crippen LogP contribution in [0.1, 0.15) is 18.7 Å². The fourth-order valence-corrected chi connectivity index (χ4v) is 2.66. The zero-order valence-corrected chi connectivity index (χ0v) is 15.5. The minimum Gasteiger partial charge on any atom is -0.332 e. The summed E-state index contributed by atoms with van der Waals surface area (Å²) in [5, 5.41) is 10.4. The first kappa shape index (κ1) is 18.8. The molecule has 25 heavy (non-hydrogen) atoms. The Morgan fingerprint density at radius 3 is 2.48 bits per heavy atom. The molecule has 0 saturated heterocycles. The number of thiocarbonyl (C=S) groups is 1. The maximum atomic E-state index is 11.8. The van der Waals surface area contributed by atoms with Gasteiger partial charge in [0.1, 0.15) is 0 Å². The van der Waals surface area contributed by atoms with Crippen molar-refractivity contribution in [3.8, 4) is 0 Å². The Hall–Kier alpha value is -2.51. The van der Waals surface area contributed by atoms with E-state index in [0.29, 0.717) is 11.4 Å². The molecule has 0 aliphatic carbocycles. The van der Waals surface area contributed by atoms with E-state index in [2.05, 4.69) is 16.0 Å². The second-order valence-corrected chi connectivity index (χ2v) is 6.90. The van der Waals surface area contributed by atoms with Crippen molar-refractivity contribution in [2.45, 2.75) is 13.8 Å². The van der Waals surface area contributed by atoms with E-state index in [0.717, 1.165) is 4.88 Å². The van der Waals surface area contributed by atoms with Crippen LogP contribution in [0, 0.1) is 5.92 Å². The molecule has 2 amide bonds. The first-order valence-electron chi connectivity index (χ1n) is 7.68. The summed E-state index contributed by atoms with van der Waals surface area (Å²) in [7, 11) is 0. The summed E-state index contributed by atoms with van der Waals surface area (Å²) in [6.45, 7) is 3.65. The predicted molar refractivity (Wildman–Crippen MR) is 108 cm³/mol. The number of anilines is 2. The lowest BCUT2D eigenvalue weighted by Crippen LogP contribution is -2.32. The normalized spacial score (nSPS) is 10.7. The molecule has 0 aliphatic heterocycles. The number of carbonyl (C=O) groups excluding carboxylic acids is 2. The fraction of sp³-hybridized carbons (Fsp3) is 0.167. The van der Waals surface area contributed by atoms with Gasteiger partial charge in [0.2, 0.25) is 11.8 Å². The van der Waals surface area contributed by atoms with Crippen LogP contribution in [-0.4, -0.2) is 16.9 Å². The van der Waals surface area contributed by atoms with Crippen LogP contribution in [0.15, 0.2) is 47.9 Å². The highest BCUT2D eigenvalue weighted by molar-refractivity contribution is 7.80. The largest absolute Gasteiger partial charge is 0.332 e. The van der Waals surface area contributed by atoms with E-state index in [4.69, 9.17) is 12.2 Å². The number of amides is 2. The van der Waals surface area contributed by atoms with E-state index in [1.807, 2.05) is 31.4 Å². The molecular weight excluding hydrogens is 354 g/mol. The second kappa shape index (κ2) is 9.10. The minimum atomic E-state index is -0.310. The number of nitrogens with one attached hydrogen (secondary N) is 3. The molecular formula is C18H19N3O2S2. The summed E-state index contributed by atoms with van der Waals surface area (Å²) in [4.78, 5) is 24.6. The number of rotatable bonds is 5. The van der Waals surface area contributed by atoms with Crippen molar-refractivity contribution in [1.29, 1.82) is 0 Å². The standard InChI is InChI=1S/C18H19N3O2S2/c1-12(2)17(23)19-13-5-3-6-14(11-13)20-18(24)21-16(22)9-8-15-7-4-10-25-15/h3-12H,1-2H3,(H,19,23)(H2,20,21,22,24)/b9-8+. The van der Waals surface area contributed by atoms with E-state index >= 15 is 0 Å². The van der Waals surface area contributed by atoms with E-state index in [9.17, 15) is 9.59 Å². The lowest BCUT2D eigenvalue weighted by Gasteiger charge is -2.11. The van der Waals surface area contributed by atoms with Gasteiger partial charge in [-0.25, -0.2) is 0 Å². The molecule has 0 bridgehead atoms. The molecule has 7 heteroatoms. The van der Waals surface area contributed by atoms with E-state index < -0.39 is 0 Å². The second-order valence-electron chi connectivity index (χ2n) is 5.52. The van der Waals surface area contributed by atoms with Crippen molar-refractivity contribution in [2.24, 2.45) is 5.92 Å². The summed E-state index contributed by atoms with van der Waals surface area (Å²) >= 11 is 6.68. The molecule has 0 saturated carbocycles. The van der Waals surface area contributed by atoms with Gasteiger partial charge in [0.05, 0.1) is 0 Å². The first-order chi connectivity index (χ1) is 11.9. The zero-order valence-electron chi connectivity index (χ0n) is 13.9. The van der Waals surface area contributed by atoms with Crippen LogP contribution in [-0.2, 0) is 9.59 Å². The Balaban J connectivity index is 1.89. The third kappa shape index (κ3) is 6.48. The maximum Gasteiger partial charge on any atom is 0.250 e. The van der Waals surface area contributed by atoms with Crippen molar-refractivity contribution in [1.82, 2.24) is 5.32 Å². The minimum absolute atomic E-state index is 0.0632.